The lowest BCUT2D eigenvalue weighted by Crippen LogP contribution is -1.86. The zero-order valence-electron chi connectivity index (χ0n) is 7.90. The molecule has 2 N–H and O–H groups in total. The van der Waals surface area contributed by atoms with Gasteiger partial charge >= 0.3 is 0 Å². The van der Waals surface area contributed by atoms with Crippen LogP contribution >= 0.6 is 11.3 Å². The average Bonchev–Trinajstić information content (AvgIpc) is 2.75. The number of methoxy groups -OCH3 is 1. The van der Waals surface area contributed by atoms with Crippen molar-refractivity contribution >= 4 is 17.2 Å². The van der Waals surface area contributed by atoms with E-state index in [1.54, 1.807) is 18.4 Å². The van der Waals surface area contributed by atoms with Crippen LogP contribution in [0, 0.1) is 6.92 Å². The van der Waals surface area contributed by atoms with Gasteiger partial charge in [-0.2, -0.15) is 0 Å². The minimum atomic E-state index is 0.426. The largest absolute Gasteiger partial charge is 0.495 e. The molecule has 2 aromatic heterocycles. The summed E-state index contributed by atoms with van der Waals surface area (Å²) in [5.41, 5.74) is 6.45. The van der Waals surface area contributed by atoms with Crippen LogP contribution in [0.2, 0.25) is 0 Å². The van der Waals surface area contributed by atoms with Crippen molar-refractivity contribution < 1.29 is 9.26 Å². The van der Waals surface area contributed by atoms with Gasteiger partial charge in [-0.1, -0.05) is 5.16 Å². The van der Waals surface area contributed by atoms with Gasteiger partial charge in [-0.05, 0) is 18.4 Å². The molecule has 2 aromatic rings. The van der Waals surface area contributed by atoms with Crippen LogP contribution in [-0.4, -0.2) is 12.3 Å². The van der Waals surface area contributed by atoms with Crippen molar-refractivity contribution in [1.82, 2.24) is 5.16 Å². The van der Waals surface area contributed by atoms with E-state index >= 15 is 0 Å². The highest BCUT2D eigenvalue weighted by molar-refractivity contribution is 7.14. The van der Waals surface area contributed by atoms with Crippen molar-refractivity contribution in [3.05, 3.63) is 17.0 Å². The van der Waals surface area contributed by atoms with E-state index in [9.17, 15) is 0 Å². The van der Waals surface area contributed by atoms with Crippen LogP contribution in [-0.2, 0) is 0 Å². The van der Waals surface area contributed by atoms with Gasteiger partial charge in [-0.25, -0.2) is 0 Å². The van der Waals surface area contributed by atoms with Crippen molar-refractivity contribution in [3.8, 4) is 16.4 Å². The summed E-state index contributed by atoms with van der Waals surface area (Å²) < 4.78 is 10.3. The second kappa shape index (κ2) is 3.34. The maximum absolute atomic E-state index is 5.60. The van der Waals surface area contributed by atoms with Gasteiger partial charge in [0, 0.05) is 5.56 Å². The van der Waals surface area contributed by atoms with Gasteiger partial charge < -0.3 is 15.0 Å². The summed E-state index contributed by atoms with van der Waals surface area (Å²) >= 11 is 1.54. The molecule has 0 unspecified atom stereocenters. The predicted octanol–water partition coefficient (Wildman–Crippen LogP) is 2.30. The first kappa shape index (κ1) is 9.08. The molecule has 14 heavy (non-hydrogen) atoms. The third-order valence-electron chi connectivity index (χ3n) is 2.02. The van der Waals surface area contributed by atoms with Gasteiger partial charge in [0.25, 0.3) is 0 Å². The summed E-state index contributed by atoms with van der Waals surface area (Å²) in [6.45, 7) is 1.88. The molecule has 0 radical (unpaired) electrons. The highest BCUT2D eigenvalue weighted by atomic mass is 32.1. The molecular weight excluding hydrogens is 200 g/mol. The molecule has 0 saturated carbocycles. The molecule has 0 fully saturated rings. The molecule has 0 spiro atoms. The fourth-order valence-corrected chi connectivity index (χ4v) is 2.08. The topological polar surface area (TPSA) is 61.3 Å². The number of thiophene rings is 1. The molecule has 4 nitrogen and oxygen atoms in total. The normalized spacial score (nSPS) is 10.4. The van der Waals surface area contributed by atoms with Crippen molar-refractivity contribution in [2.45, 2.75) is 6.92 Å². The summed E-state index contributed by atoms with van der Waals surface area (Å²) in [7, 11) is 1.63. The Kier molecular flexibility index (Phi) is 2.17. The number of hydrogen-bond donors (Lipinski definition) is 1. The van der Waals surface area contributed by atoms with Gasteiger partial charge in [0.05, 0.1) is 7.11 Å². The Morgan fingerprint density at radius 1 is 1.57 bits per heavy atom. The molecule has 0 aromatic carbocycles. The van der Waals surface area contributed by atoms with E-state index in [0.29, 0.717) is 11.6 Å². The molecule has 0 bridgehead atoms. The van der Waals surface area contributed by atoms with Crippen molar-refractivity contribution in [2.24, 2.45) is 0 Å². The van der Waals surface area contributed by atoms with Crippen LogP contribution in [0.3, 0.4) is 0 Å². The van der Waals surface area contributed by atoms with Crippen LogP contribution in [0.15, 0.2) is 16.0 Å². The standard InChI is InChI=1S/C9H10N2O2S/c1-5-7(13-11-9(5)10)8-6(12-2)3-4-14-8/h3-4H,1-2H3,(H2,10,11). The molecule has 0 aliphatic carbocycles. The zero-order chi connectivity index (χ0) is 10.1. The molecule has 0 amide bonds. The second-order valence-corrected chi connectivity index (χ2v) is 3.76. The molecule has 2 heterocycles. The van der Waals surface area contributed by atoms with Gasteiger partial charge in [-0.3, -0.25) is 0 Å². The number of aromatic nitrogens is 1. The Labute approximate surface area is 85.3 Å². The van der Waals surface area contributed by atoms with E-state index in [-0.39, 0.29) is 0 Å². The van der Waals surface area contributed by atoms with E-state index in [4.69, 9.17) is 15.0 Å². The summed E-state index contributed by atoms with van der Waals surface area (Å²) in [6, 6.07) is 1.89. The molecule has 0 atom stereocenters. The number of nitrogens with two attached hydrogens (primary N) is 1. The van der Waals surface area contributed by atoms with Crippen LogP contribution < -0.4 is 10.5 Å². The van der Waals surface area contributed by atoms with Crippen molar-refractivity contribution in [3.63, 3.8) is 0 Å². The van der Waals surface area contributed by atoms with Crippen molar-refractivity contribution in [1.29, 1.82) is 0 Å². The molecule has 0 aliphatic heterocycles. The molecule has 5 heteroatoms. The third kappa shape index (κ3) is 1.26. The Bertz CT molecular complexity index is 447. The first-order chi connectivity index (χ1) is 6.74. The van der Waals surface area contributed by atoms with Crippen molar-refractivity contribution in [2.75, 3.05) is 12.8 Å². The zero-order valence-corrected chi connectivity index (χ0v) is 8.72. The molecule has 0 aliphatic rings. The summed E-state index contributed by atoms with van der Waals surface area (Å²) in [5.74, 6) is 1.90. The van der Waals surface area contributed by atoms with Gasteiger partial charge in [0.15, 0.2) is 11.6 Å². The molecule has 2 rings (SSSR count). The van der Waals surface area contributed by atoms with E-state index in [2.05, 4.69) is 5.16 Å². The third-order valence-corrected chi connectivity index (χ3v) is 2.91. The SMILES string of the molecule is COc1ccsc1-c1onc(N)c1C. The average molecular weight is 210 g/mol. The van der Waals surface area contributed by atoms with E-state index < -0.39 is 0 Å². The van der Waals surface area contributed by atoms with E-state index in [0.717, 1.165) is 16.2 Å². The quantitative estimate of drug-likeness (QED) is 0.826. The molecule has 74 valence electrons. The smallest absolute Gasteiger partial charge is 0.185 e. The van der Waals surface area contributed by atoms with Crippen LogP contribution in [0.5, 0.6) is 5.75 Å². The number of nitrogen functional groups attached to an aromatic ring is 1. The van der Waals surface area contributed by atoms with Gasteiger partial charge in [0.2, 0.25) is 0 Å². The lowest BCUT2D eigenvalue weighted by atomic mass is 10.2. The molecule has 0 saturated heterocycles. The number of anilines is 1. The van der Waals surface area contributed by atoms with Gasteiger partial charge in [-0.15, -0.1) is 11.3 Å². The lowest BCUT2D eigenvalue weighted by molar-refractivity contribution is 0.409. The first-order valence-corrected chi connectivity index (χ1v) is 4.95. The minimum absolute atomic E-state index is 0.426. The number of rotatable bonds is 2. The number of hydrogen-bond acceptors (Lipinski definition) is 5. The first-order valence-electron chi connectivity index (χ1n) is 4.07. The maximum Gasteiger partial charge on any atom is 0.185 e. The molecular formula is C9H10N2O2S. The van der Waals surface area contributed by atoms with E-state index in [1.807, 2.05) is 18.4 Å². The highest BCUT2D eigenvalue weighted by Crippen LogP contribution is 2.38. The summed E-state index contributed by atoms with van der Waals surface area (Å²) in [4.78, 5) is 0.925. The Hall–Kier alpha value is -1.49. The van der Waals surface area contributed by atoms with E-state index in [1.165, 1.54) is 0 Å². The highest BCUT2D eigenvalue weighted by Gasteiger charge is 2.16. The van der Waals surface area contributed by atoms with Gasteiger partial charge in [0.1, 0.15) is 10.6 Å². The Morgan fingerprint density at radius 3 is 2.93 bits per heavy atom. The second-order valence-electron chi connectivity index (χ2n) is 2.84. The fraction of sp³-hybridized carbons (Fsp3) is 0.222. The maximum atomic E-state index is 5.60. The minimum Gasteiger partial charge on any atom is -0.495 e. The van der Waals surface area contributed by atoms with Crippen LogP contribution in [0.4, 0.5) is 5.82 Å². The summed E-state index contributed by atoms with van der Waals surface area (Å²) in [6.07, 6.45) is 0. The van der Waals surface area contributed by atoms with Crippen LogP contribution in [0.25, 0.3) is 10.6 Å². The van der Waals surface area contributed by atoms with Crippen LogP contribution in [0.1, 0.15) is 5.56 Å². The Morgan fingerprint density at radius 2 is 2.36 bits per heavy atom. The predicted molar refractivity (Wildman–Crippen MR) is 55.5 cm³/mol. The lowest BCUT2D eigenvalue weighted by Gasteiger charge is -1.98. The number of nitrogens with zero attached hydrogens (tertiary/aromatic N) is 1. The summed E-state index contributed by atoms with van der Waals surface area (Å²) in [5, 5.41) is 5.64. The fourth-order valence-electron chi connectivity index (χ4n) is 1.18. The monoisotopic (exact) mass is 210 g/mol. The Balaban J connectivity index is 2.54. The number of ether oxygens (including phenoxy) is 1.